The fourth-order valence-electron chi connectivity index (χ4n) is 2.73. The zero-order chi connectivity index (χ0) is 15.4. The molecule has 2 rings (SSSR count). The number of carbonyl (C=O) groups is 1. The minimum absolute atomic E-state index is 0.0243. The number of hydrogen-bond acceptors (Lipinski definition) is 3. The Morgan fingerprint density at radius 2 is 1.81 bits per heavy atom. The van der Waals surface area contributed by atoms with E-state index in [0.717, 1.165) is 42.8 Å². The first-order chi connectivity index (χ1) is 9.94. The van der Waals surface area contributed by atoms with E-state index >= 15 is 0 Å². The Labute approximate surface area is 127 Å². The van der Waals surface area contributed by atoms with Crippen LogP contribution in [0.25, 0.3) is 0 Å². The Balaban J connectivity index is 1.87. The van der Waals surface area contributed by atoms with Gasteiger partial charge in [-0.2, -0.15) is 0 Å². The summed E-state index contributed by atoms with van der Waals surface area (Å²) in [6, 6.07) is 6.30. The van der Waals surface area contributed by atoms with Gasteiger partial charge in [0.2, 0.25) is 0 Å². The predicted molar refractivity (Wildman–Crippen MR) is 84.7 cm³/mol. The first kappa shape index (κ1) is 15.8. The second kappa shape index (κ2) is 6.94. The molecule has 0 aliphatic carbocycles. The van der Waals surface area contributed by atoms with Crippen molar-refractivity contribution in [2.45, 2.75) is 45.8 Å². The Kier molecular flexibility index (Phi) is 5.23. The molecule has 1 N–H and O–H groups in total. The van der Waals surface area contributed by atoms with E-state index in [9.17, 15) is 4.79 Å². The van der Waals surface area contributed by atoms with Gasteiger partial charge in [0.1, 0.15) is 5.75 Å². The van der Waals surface area contributed by atoms with Gasteiger partial charge < -0.3 is 15.0 Å². The fourth-order valence-corrected chi connectivity index (χ4v) is 2.73. The number of ether oxygens (including phenoxy) is 1. The topological polar surface area (TPSA) is 41.6 Å². The van der Waals surface area contributed by atoms with Crippen molar-refractivity contribution in [3.63, 3.8) is 0 Å². The molecule has 4 heteroatoms. The van der Waals surface area contributed by atoms with E-state index in [2.05, 4.69) is 23.3 Å². The van der Waals surface area contributed by atoms with E-state index in [1.165, 1.54) is 0 Å². The van der Waals surface area contributed by atoms with Crippen LogP contribution >= 0.6 is 0 Å². The molecule has 4 nitrogen and oxygen atoms in total. The van der Waals surface area contributed by atoms with E-state index in [-0.39, 0.29) is 11.9 Å². The van der Waals surface area contributed by atoms with Gasteiger partial charge >= 0.3 is 0 Å². The quantitative estimate of drug-likeness (QED) is 0.925. The number of amides is 1. The molecule has 1 heterocycles. The first-order valence-electron chi connectivity index (χ1n) is 7.68. The monoisotopic (exact) mass is 290 g/mol. The van der Waals surface area contributed by atoms with Gasteiger partial charge in [0.15, 0.2) is 6.10 Å². The van der Waals surface area contributed by atoms with Crippen LogP contribution in [0.1, 0.15) is 30.9 Å². The Hall–Kier alpha value is -1.55. The molecule has 0 radical (unpaired) electrons. The van der Waals surface area contributed by atoms with Crippen molar-refractivity contribution in [2.75, 3.05) is 20.1 Å². The van der Waals surface area contributed by atoms with E-state index in [1.54, 1.807) is 0 Å². The third-order valence-electron chi connectivity index (χ3n) is 3.94. The van der Waals surface area contributed by atoms with Crippen LogP contribution in [-0.4, -0.2) is 43.1 Å². The molecule has 1 atom stereocenters. The first-order valence-corrected chi connectivity index (χ1v) is 7.68. The molecular formula is C17H26N2O2. The number of aryl methyl sites for hydroxylation is 2. The van der Waals surface area contributed by atoms with Crippen molar-refractivity contribution in [3.05, 3.63) is 29.3 Å². The summed E-state index contributed by atoms with van der Waals surface area (Å²) in [5.41, 5.74) is 2.29. The Morgan fingerprint density at radius 1 is 1.24 bits per heavy atom. The van der Waals surface area contributed by atoms with Crippen molar-refractivity contribution >= 4 is 5.91 Å². The normalized spacial score (nSPS) is 18.3. The summed E-state index contributed by atoms with van der Waals surface area (Å²) in [5.74, 6) is 0.738. The molecule has 1 aromatic carbocycles. The van der Waals surface area contributed by atoms with Crippen molar-refractivity contribution in [2.24, 2.45) is 0 Å². The summed E-state index contributed by atoms with van der Waals surface area (Å²) in [6.07, 6.45) is 1.56. The van der Waals surface area contributed by atoms with Crippen LogP contribution in [0.15, 0.2) is 18.2 Å². The lowest BCUT2D eigenvalue weighted by Gasteiger charge is -2.30. The van der Waals surface area contributed by atoms with Gasteiger partial charge in [0.25, 0.3) is 5.91 Å². The second-order valence-corrected chi connectivity index (χ2v) is 6.17. The molecule has 21 heavy (non-hydrogen) atoms. The van der Waals surface area contributed by atoms with Gasteiger partial charge in [-0.15, -0.1) is 0 Å². The Morgan fingerprint density at radius 3 is 2.38 bits per heavy atom. The van der Waals surface area contributed by atoms with Crippen LogP contribution in [0.5, 0.6) is 5.75 Å². The van der Waals surface area contributed by atoms with Gasteiger partial charge in [0.05, 0.1) is 0 Å². The molecule has 1 fully saturated rings. The number of carbonyl (C=O) groups excluding carboxylic acids is 1. The number of nitrogens with one attached hydrogen (secondary N) is 1. The lowest BCUT2D eigenvalue weighted by Crippen LogP contribution is -2.47. The van der Waals surface area contributed by atoms with Crippen LogP contribution in [0.4, 0.5) is 0 Å². The molecule has 0 bridgehead atoms. The molecular weight excluding hydrogens is 264 g/mol. The summed E-state index contributed by atoms with van der Waals surface area (Å²) in [5, 5.41) is 3.10. The van der Waals surface area contributed by atoms with Gasteiger partial charge in [-0.25, -0.2) is 0 Å². The van der Waals surface area contributed by atoms with Crippen LogP contribution in [0.3, 0.4) is 0 Å². The number of rotatable bonds is 4. The minimum Gasteiger partial charge on any atom is -0.481 e. The van der Waals surface area contributed by atoms with E-state index in [0.29, 0.717) is 0 Å². The highest BCUT2D eigenvalue weighted by Gasteiger charge is 2.22. The lowest BCUT2D eigenvalue weighted by molar-refractivity contribution is -0.128. The molecule has 1 amide bonds. The number of benzene rings is 1. The summed E-state index contributed by atoms with van der Waals surface area (Å²) < 4.78 is 5.78. The zero-order valence-electron chi connectivity index (χ0n) is 13.5. The number of likely N-dealkylation sites (tertiary alicyclic amines) is 1. The summed E-state index contributed by atoms with van der Waals surface area (Å²) in [6.45, 7) is 7.95. The molecule has 0 unspecified atom stereocenters. The molecule has 0 saturated carbocycles. The largest absolute Gasteiger partial charge is 0.481 e. The number of piperidine rings is 1. The minimum atomic E-state index is -0.467. The van der Waals surface area contributed by atoms with Crippen LogP contribution in [0.2, 0.25) is 0 Å². The smallest absolute Gasteiger partial charge is 0.260 e. The third kappa shape index (κ3) is 4.74. The summed E-state index contributed by atoms with van der Waals surface area (Å²) in [4.78, 5) is 14.5. The lowest BCUT2D eigenvalue weighted by atomic mass is 10.1. The van der Waals surface area contributed by atoms with Crippen molar-refractivity contribution in [3.8, 4) is 5.75 Å². The highest BCUT2D eigenvalue weighted by Crippen LogP contribution is 2.18. The Bertz CT molecular complexity index is 473. The highest BCUT2D eigenvalue weighted by molar-refractivity contribution is 5.81. The maximum atomic E-state index is 12.2. The number of hydrogen-bond donors (Lipinski definition) is 1. The molecule has 0 aromatic heterocycles. The van der Waals surface area contributed by atoms with Crippen molar-refractivity contribution in [1.29, 1.82) is 0 Å². The predicted octanol–water partition coefficient (Wildman–Crippen LogP) is 2.28. The van der Waals surface area contributed by atoms with Crippen LogP contribution in [0, 0.1) is 13.8 Å². The van der Waals surface area contributed by atoms with Gasteiger partial charge in [-0.1, -0.05) is 6.07 Å². The van der Waals surface area contributed by atoms with Gasteiger partial charge in [-0.05, 0) is 77.0 Å². The van der Waals surface area contributed by atoms with Crippen LogP contribution in [-0.2, 0) is 4.79 Å². The van der Waals surface area contributed by atoms with E-state index in [1.807, 2.05) is 32.9 Å². The fraction of sp³-hybridized carbons (Fsp3) is 0.588. The SMILES string of the molecule is Cc1cc(C)cc(O[C@@H](C)C(=O)NC2CCN(C)CC2)c1. The molecule has 116 valence electrons. The number of nitrogens with zero attached hydrogens (tertiary/aromatic N) is 1. The maximum absolute atomic E-state index is 12.2. The average molecular weight is 290 g/mol. The van der Waals surface area contributed by atoms with Crippen molar-refractivity contribution < 1.29 is 9.53 Å². The van der Waals surface area contributed by atoms with Gasteiger partial charge in [0, 0.05) is 6.04 Å². The summed E-state index contributed by atoms with van der Waals surface area (Å²) >= 11 is 0. The second-order valence-electron chi connectivity index (χ2n) is 6.17. The molecule has 1 saturated heterocycles. The highest BCUT2D eigenvalue weighted by atomic mass is 16.5. The maximum Gasteiger partial charge on any atom is 0.260 e. The van der Waals surface area contributed by atoms with Crippen LogP contribution < -0.4 is 10.1 Å². The molecule has 1 aromatic rings. The zero-order valence-corrected chi connectivity index (χ0v) is 13.5. The van der Waals surface area contributed by atoms with E-state index in [4.69, 9.17) is 4.74 Å². The molecule has 1 aliphatic rings. The van der Waals surface area contributed by atoms with E-state index < -0.39 is 6.10 Å². The molecule has 0 spiro atoms. The molecule has 1 aliphatic heterocycles. The summed E-state index contributed by atoms with van der Waals surface area (Å²) in [7, 11) is 2.11. The average Bonchev–Trinajstić information content (AvgIpc) is 2.40. The van der Waals surface area contributed by atoms with Crippen molar-refractivity contribution in [1.82, 2.24) is 10.2 Å². The van der Waals surface area contributed by atoms with Gasteiger partial charge in [-0.3, -0.25) is 4.79 Å². The third-order valence-corrected chi connectivity index (χ3v) is 3.94. The standard InChI is InChI=1S/C17H26N2O2/c1-12-9-13(2)11-16(10-12)21-14(3)17(20)18-15-5-7-19(4)8-6-15/h9-11,14-15H,5-8H2,1-4H3,(H,18,20)/t14-/m0/s1.